The van der Waals surface area contributed by atoms with E-state index in [4.69, 9.17) is 10.4 Å². The average molecular weight is 299 g/mol. The number of primary sulfonamides is 1. The van der Waals surface area contributed by atoms with Crippen LogP contribution in [-0.2, 0) is 10.0 Å². The van der Waals surface area contributed by atoms with Crippen LogP contribution in [0.25, 0.3) is 22.3 Å². The van der Waals surface area contributed by atoms with Crippen LogP contribution < -0.4 is 5.14 Å². The number of H-pyrrole nitrogens is 1. The summed E-state index contributed by atoms with van der Waals surface area (Å²) in [4.78, 5) is 11.2. The lowest BCUT2D eigenvalue weighted by Crippen LogP contribution is -2.11. The van der Waals surface area contributed by atoms with E-state index >= 15 is 0 Å². The van der Waals surface area contributed by atoms with E-state index in [-0.39, 0.29) is 4.90 Å². The summed E-state index contributed by atoms with van der Waals surface area (Å²) in [6.07, 6.45) is 2.93. The predicted molar refractivity (Wildman–Crippen MR) is 75.4 cm³/mol. The van der Waals surface area contributed by atoms with Crippen LogP contribution in [0.1, 0.15) is 5.56 Å². The molecule has 0 unspecified atom stereocenters. The summed E-state index contributed by atoms with van der Waals surface area (Å²) < 4.78 is 22.5. The molecule has 3 aromatic rings. The molecule has 1 aromatic carbocycles. The van der Waals surface area contributed by atoms with Gasteiger partial charge in [0.2, 0.25) is 10.0 Å². The number of hydrogen-bond donors (Lipinski definition) is 2. The fraction of sp³-hybridized carbons (Fsp3) is 0. The highest BCUT2D eigenvalue weighted by Gasteiger charge is 2.13. The monoisotopic (exact) mass is 299 g/mol. The molecule has 0 radical (unpaired) electrons. The molecule has 2 aromatic heterocycles. The Hall–Kier alpha value is -2.76. The summed E-state index contributed by atoms with van der Waals surface area (Å²) in [5, 5.41) is 14.8. The lowest BCUT2D eigenvalue weighted by Gasteiger charge is -2.04. The first-order valence-corrected chi connectivity index (χ1v) is 7.41. The molecular formula is C13H9N5O2S. The Morgan fingerprint density at radius 2 is 1.90 bits per heavy atom. The molecule has 3 rings (SSSR count). The number of aromatic amines is 1. The van der Waals surface area contributed by atoms with E-state index in [1.54, 1.807) is 18.3 Å². The molecule has 0 aliphatic heterocycles. The first-order valence-electron chi connectivity index (χ1n) is 5.86. The van der Waals surface area contributed by atoms with Gasteiger partial charge >= 0.3 is 0 Å². The Kier molecular flexibility index (Phi) is 2.94. The Morgan fingerprint density at radius 3 is 2.52 bits per heavy atom. The van der Waals surface area contributed by atoms with Gasteiger partial charge in [-0.15, -0.1) is 0 Å². The summed E-state index contributed by atoms with van der Waals surface area (Å²) >= 11 is 0. The third-order valence-electron chi connectivity index (χ3n) is 3.05. The zero-order valence-corrected chi connectivity index (χ0v) is 11.4. The smallest absolute Gasteiger partial charge is 0.238 e. The van der Waals surface area contributed by atoms with E-state index < -0.39 is 10.0 Å². The molecule has 0 aliphatic carbocycles. The molecule has 0 atom stereocenters. The normalized spacial score (nSPS) is 11.4. The molecule has 0 fully saturated rings. The minimum Gasteiger partial charge on any atom is -0.345 e. The maximum atomic E-state index is 11.3. The number of nitriles is 1. The number of nitrogens with two attached hydrogens (primary N) is 1. The van der Waals surface area contributed by atoms with Crippen molar-refractivity contribution < 1.29 is 8.42 Å². The summed E-state index contributed by atoms with van der Waals surface area (Å²) in [7, 11) is -3.74. The minimum absolute atomic E-state index is 0.0196. The Balaban J connectivity index is 2.22. The number of aromatic nitrogens is 3. The van der Waals surface area contributed by atoms with Crippen molar-refractivity contribution in [2.24, 2.45) is 5.14 Å². The fourth-order valence-electron chi connectivity index (χ4n) is 2.07. The minimum atomic E-state index is -3.74. The van der Waals surface area contributed by atoms with Crippen molar-refractivity contribution in [3.05, 3.63) is 42.4 Å². The number of nitrogens with one attached hydrogen (secondary N) is 1. The lowest BCUT2D eigenvalue weighted by atomic mass is 10.1. The van der Waals surface area contributed by atoms with Gasteiger partial charge in [0, 0.05) is 11.8 Å². The van der Waals surface area contributed by atoms with Crippen LogP contribution in [0.3, 0.4) is 0 Å². The zero-order chi connectivity index (χ0) is 15.0. The maximum absolute atomic E-state index is 11.3. The van der Waals surface area contributed by atoms with Gasteiger partial charge in [-0.1, -0.05) is 12.1 Å². The summed E-state index contributed by atoms with van der Waals surface area (Å²) in [5.41, 5.74) is 2.20. The fourth-order valence-corrected chi connectivity index (χ4v) is 2.59. The number of rotatable bonds is 2. The molecule has 0 spiro atoms. The lowest BCUT2D eigenvalue weighted by molar-refractivity contribution is 0.598. The van der Waals surface area contributed by atoms with E-state index in [1.165, 1.54) is 18.5 Å². The van der Waals surface area contributed by atoms with Crippen molar-refractivity contribution in [2.75, 3.05) is 0 Å². The predicted octanol–water partition coefficient (Wildman–Crippen LogP) is 1.14. The van der Waals surface area contributed by atoms with Crippen LogP contribution >= 0.6 is 0 Å². The van der Waals surface area contributed by atoms with Gasteiger partial charge < -0.3 is 4.98 Å². The van der Waals surface area contributed by atoms with Gasteiger partial charge in [-0.05, 0) is 12.1 Å². The third kappa shape index (κ3) is 2.24. The SMILES string of the molecule is N#Cc1c[nH]c2ncnc(-c3ccc(S(N)(=O)=O)cc3)c12. The van der Waals surface area contributed by atoms with E-state index in [1.807, 2.05) is 0 Å². The number of benzene rings is 1. The van der Waals surface area contributed by atoms with Crippen molar-refractivity contribution in [1.29, 1.82) is 5.26 Å². The molecule has 2 heterocycles. The van der Waals surface area contributed by atoms with E-state index in [0.717, 1.165) is 0 Å². The van der Waals surface area contributed by atoms with Crippen molar-refractivity contribution in [3.63, 3.8) is 0 Å². The molecule has 7 nitrogen and oxygen atoms in total. The standard InChI is InChI=1S/C13H9N5O2S/c14-5-9-6-16-13-11(9)12(17-7-18-13)8-1-3-10(4-2-8)21(15,19)20/h1-4,6-7H,(H2,15,19,20)(H,16,17,18). The molecular weight excluding hydrogens is 290 g/mol. The van der Waals surface area contributed by atoms with Crippen molar-refractivity contribution in [3.8, 4) is 17.3 Å². The zero-order valence-electron chi connectivity index (χ0n) is 10.6. The van der Waals surface area contributed by atoms with Crippen LogP contribution in [0, 0.1) is 11.3 Å². The van der Waals surface area contributed by atoms with Gasteiger partial charge in [-0.25, -0.2) is 23.5 Å². The maximum Gasteiger partial charge on any atom is 0.238 e. The van der Waals surface area contributed by atoms with Crippen LogP contribution in [-0.4, -0.2) is 23.4 Å². The highest BCUT2D eigenvalue weighted by molar-refractivity contribution is 7.89. The van der Waals surface area contributed by atoms with Gasteiger partial charge in [0.25, 0.3) is 0 Å². The quantitative estimate of drug-likeness (QED) is 0.734. The van der Waals surface area contributed by atoms with E-state index in [9.17, 15) is 8.42 Å². The molecule has 104 valence electrons. The third-order valence-corrected chi connectivity index (χ3v) is 3.98. The molecule has 21 heavy (non-hydrogen) atoms. The van der Waals surface area contributed by atoms with E-state index in [2.05, 4.69) is 21.0 Å². The number of sulfonamides is 1. The molecule has 0 aliphatic rings. The topological polar surface area (TPSA) is 126 Å². The summed E-state index contributed by atoms with van der Waals surface area (Å²) in [6.45, 7) is 0. The summed E-state index contributed by atoms with van der Waals surface area (Å²) in [6, 6.07) is 8.05. The van der Waals surface area contributed by atoms with Crippen molar-refractivity contribution in [2.45, 2.75) is 4.90 Å². The second-order valence-corrected chi connectivity index (χ2v) is 5.89. The first kappa shape index (κ1) is 13.2. The number of fused-ring (bicyclic) bond motifs is 1. The van der Waals surface area contributed by atoms with E-state index in [0.29, 0.717) is 27.9 Å². The molecule has 0 saturated heterocycles. The second kappa shape index (κ2) is 4.66. The Morgan fingerprint density at radius 1 is 1.19 bits per heavy atom. The molecule has 3 N–H and O–H groups in total. The second-order valence-electron chi connectivity index (χ2n) is 4.33. The number of nitrogens with zero attached hydrogens (tertiary/aromatic N) is 3. The van der Waals surface area contributed by atoms with Gasteiger partial charge in [0.1, 0.15) is 18.0 Å². The molecule has 0 saturated carbocycles. The first-order chi connectivity index (χ1) is 10.0. The highest BCUT2D eigenvalue weighted by Crippen LogP contribution is 2.28. The van der Waals surface area contributed by atoms with Crippen molar-refractivity contribution in [1.82, 2.24) is 15.0 Å². The largest absolute Gasteiger partial charge is 0.345 e. The highest BCUT2D eigenvalue weighted by atomic mass is 32.2. The average Bonchev–Trinajstić information content (AvgIpc) is 2.89. The molecule has 8 heteroatoms. The Labute approximate surface area is 120 Å². The summed E-state index contributed by atoms with van der Waals surface area (Å²) in [5.74, 6) is 0. The Bertz CT molecular complexity index is 968. The number of hydrogen-bond acceptors (Lipinski definition) is 5. The van der Waals surface area contributed by atoms with Crippen molar-refractivity contribution >= 4 is 21.1 Å². The molecule has 0 amide bonds. The molecule has 0 bridgehead atoms. The van der Waals surface area contributed by atoms with Gasteiger partial charge in [-0.3, -0.25) is 0 Å². The van der Waals surface area contributed by atoms with Gasteiger partial charge in [0.15, 0.2) is 0 Å². The van der Waals surface area contributed by atoms with Crippen LogP contribution in [0.2, 0.25) is 0 Å². The van der Waals surface area contributed by atoms with Crippen LogP contribution in [0.4, 0.5) is 0 Å². The van der Waals surface area contributed by atoms with Crippen LogP contribution in [0.5, 0.6) is 0 Å². The van der Waals surface area contributed by atoms with Crippen LogP contribution in [0.15, 0.2) is 41.7 Å². The van der Waals surface area contributed by atoms with Gasteiger partial charge in [0.05, 0.1) is 21.5 Å². The van der Waals surface area contributed by atoms with Gasteiger partial charge in [-0.2, -0.15) is 5.26 Å².